The Morgan fingerprint density at radius 2 is 0.431 bits per heavy atom. The normalized spacial score (nSPS) is 16.8. The number of alkyl halides is 41. The van der Waals surface area contributed by atoms with Crippen molar-refractivity contribution in [1.82, 2.24) is 9.13 Å². The molecule has 0 aliphatic heterocycles. The molecule has 1 heterocycles. The van der Waals surface area contributed by atoms with E-state index in [2.05, 4.69) is 37.5 Å². The molecule has 0 aromatic carbocycles. The van der Waals surface area contributed by atoms with Gasteiger partial charge >= 0.3 is 119 Å². The van der Waals surface area contributed by atoms with Crippen LogP contribution < -0.4 is 0 Å². The second kappa shape index (κ2) is 17.1. The third-order valence-corrected chi connectivity index (χ3v) is 10.8. The lowest BCUT2D eigenvalue weighted by molar-refractivity contribution is -0.474. The first-order valence-corrected chi connectivity index (χ1v) is 17.2. The Labute approximate surface area is 380 Å². The van der Waals surface area contributed by atoms with Crippen LogP contribution in [0.25, 0.3) is 0 Å². The van der Waals surface area contributed by atoms with Crippen molar-refractivity contribution >= 4 is 37.5 Å². The minimum atomic E-state index is -9.73. The van der Waals surface area contributed by atoms with Gasteiger partial charge in [-0.05, 0) is 12.2 Å². The van der Waals surface area contributed by atoms with Gasteiger partial charge in [-0.15, -0.1) is 25.3 Å². The largest absolute Gasteiger partial charge is 0.460 e. The molecule has 1 aromatic heterocycles. The molecule has 0 atom stereocenters. The molecule has 2 nitrogen and oxygen atoms in total. The molecule has 0 saturated heterocycles. The molecule has 0 spiro atoms. The Hall–Kier alpha value is -2.74. The molecule has 0 saturated carbocycles. The second-order valence-electron chi connectivity index (χ2n) is 14.1. The van der Waals surface area contributed by atoms with Gasteiger partial charge in [0.25, 0.3) is 0 Å². The highest BCUT2D eigenvalue weighted by Gasteiger charge is 2.99. The van der Waals surface area contributed by atoms with Crippen LogP contribution in [0.1, 0.15) is 6.92 Å². The number of nitrogens with zero attached hydrogens (tertiary/aromatic N) is 2. The number of hydrogen-bond acceptors (Lipinski definition) is 3. The lowest BCUT2D eigenvalue weighted by atomic mass is 9.85. The summed E-state index contributed by atoms with van der Waals surface area (Å²) in [5.74, 6) is -171. The lowest BCUT2D eigenvalue weighted by Gasteiger charge is -2.45. The van der Waals surface area contributed by atoms with Crippen LogP contribution in [0.3, 0.4) is 0 Å². The summed E-state index contributed by atoms with van der Waals surface area (Å²) in [6.45, 7) is -9.98. The highest BCUT2D eigenvalue weighted by Crippen LogP contribution is 2.69. The Kier molecular flexibility index (Phi) is 16.0. The highest BCUT2D eigenvalue weighted by atomic mass is 32.1. The van der Waals surface area contributed by atoms with Crippen LogP contribution in [-0.2, 0) is 13.1 Å². The van der Waals surface area contributed by atoms with Crippen LogP contribution in [-0.4, -0.2) is 128 Å². The van der Waals surface area contributed by atoms with Gasteiger partial charge in [0.05, 0.1) is 13.1 Å². The van der Waals surface area contributed by atoms with Crippen LogP contribution in [0.2, 0.25) is 0 Å². The summed E-state index contributed by atoms with van der Waals surface area (Å²) >= 11 is 9.32. The zero-order chi connectivity index (χ0) is 59.3. The van der Waals surface area contributed by atoms with Crippen LogP contribution in [0.5, 0.6) is 0 Å². The van der Waals surface area contributed by atoms with Crippen molar-refractivity contribution in [2.45, 2.75) is 149 Å². The third kappa shape index (κ3) is 8.24. The van der Waals surface area contributed by atoms with Gasteiger partial charge < -0.3 is 9.13 Å². The van der Waals surface area contributed by atoms with Gasteiger partial charge in [-0.1, -0.05) is 0 Å². The smallest absolute Gasteiger partial charge is 0.305 e. The molecular formula is C26H9F41N2S3. The van der Waals surface area contributed by atoms with Crippen molar-refractivity contribution in [1.29, 1.82) is 0 Å². The minimum absolute atomic E-state index is 1.61. The Bertz CT molecular complexity index is 2070. The monoisotopic (exact) mass is 1220 g/mol. The first kappa shape index (κ1) is 67.3. The molecule has 0 aliphatic carbocycles. The molecule has 72 heavy (non-hydrogen) atoms. The molecule has 0 N–H and O–H groups in total. The van der Waals surface area contributed by atoms with E-state index in [9.17, 15) is 180 Å². The summed E-state index contributed by atoms with van der Waals surface area (Å²) in [5.41, 5.74) is 0. The van der Waals surface area contributed by atoms with Crippen molar-refractivity contribution in [3.63, 3.8) is 0 Å². The maximum atomic E-state index is 14.8. The molecule has 0 unspecified atom stereocenters. The molecule has 46 heteroatoms. The second-order valence-corrected chi connectivity index (χ2v) is 15.3. The van der Waals surface area contributed by atoms with Crippen LogP contribution in [0.15, 0.2) is 10.1 Å². The van der Waals surface area contributed by atoms with Crippen molar-refractivity contribution in [3.05, 3.63) is 4.77 Å². The molecule has 1 aromatic rings. The highest BCUT2D eigenvalue weighted by molar-refractivity contribution is 7.83. The molecular weight excluding hydrogens is 1220 g/mol. The SMILES string of the molecule is CC(F)(F)C(F)(F)C(F)(F)C(F)(F)C(F)(F)C(F)(F)C(F)(F)C(F)(F)C(F)(F)C(F)(F)Cn1c(S)c(S)n(CC(F)(F)C(F)(F)C(F)(F)C(F)(F)C(F)(F)C(F)(F)C(F)(F)C(F)(F)C(F)(F)C(F)(F)F)c1=S. The van der Waals surface area contributed by atoms with Gasteiger partial charge in [0.2, 0.25) is 0 Å². The molecule has 0 bridgehead atoms. The van der Waals surface area contributed by atoms with E-state index in [4.69, 9.17) is 0 Å². The first-order valence-electron chi connectivity index (χ1n) is 15.9. The van der Waals surface area contributed by atoms with Gasteiger partial charge in [0, 0.05) is 6.92 Å². The predicted molar refractivity (Wildman–Crippen MR) is 153 cm³/mol. The molecule has 1 rings (SSSR count). The van der Waals surface area contributed by atoms with Crippen LogP contribution >= 0.6 is 37.5 Å². The average molecular weight is 1220 g/mol. The molecule has 0 radical (unpaired) electrons. The van der Waals surface area contributed by atoms with Gasteiger partial charge in [0.15, 0.2) is 4.77 Å². The van der Waals surface area contributed by atoms with E-state index in [1.165, 1.54) is 0 Å². The zero-order valence-electron chi connectivity index (χ0n) is 31.6. The Morgan fingerprint density at radius 3 is 0.597 bits per heavy atom. The van der Waals surface area contributed by atoms with E-state index in [0.717, 1.165) is 0 Å². The summed E-state index contributed by atoms with van der Waals surface area (Å²) in [5, 5.41) is -4.80. The molecule has 0 fully saturated rings. The van der Waals surface area contributed by atoms with Gasteiger partial charge in [-0.25, -0.2) is 0 Å². The predicted octanol–water partition coefficient (Wildman–Crippen LogP) is 15.2. The minimum Gasteiger partial charge on any atom is -0.305 e. The number of halogens is 41. The van der Waals surface area contributed by atoms with E-state index in [1.807, 2.05) is 0 Å². The fraction of sp³-hybridized carbons (Fsp3) is 0.885. The number of rotatable bonds is 21. The fourth-order valence-electron chi connectivity index (χ4n) is 4.73. The summed E-state index contributed by atoms with van der Waals surface area (Å²) < 4.78 is 562. The third-order valence-electron chi connectivity index (χ3n) is 9.23. The lowest BCUT2D eigenvalue weighted by Crippen LogP contribution is -2.77. The van der Waals surface area contributed by atoms with E-state index >= 15 is 0 Å². The Morgan fingerprint density at radius 1 is 0.278 bits per heavy atom. The van der Waals surface area contributed by atoms with E-state index < -0.39 is 163 Å². The van der Waals surface area contributed by atoms with Crippen LogP contribution in [0, 0.1) is 4.77 Å². The summed E-state index contributed by atoms with van der Waals surface area (Å²) in [4.78, 5) is 0. The summed E-state index contributed by atoms with van der Waals surface area (Å²) in [7, 11) is 0. The maximum Gasteiger partial charge on any atom is 0.460 e. The maximum absolute atomic E-state index is 14.8. The molecule has 428 valence electrons. The molecule has 0 amide bonds. The topological polar surface area (TPSA) is 9.86 Å². The summed E-state index contributed by atoms with van der Waals surface area (Å²) in [6.07, 6.45) is -8.33. The number of thiol groups is 2. The first-order chi connectivity index (χ1) is 30.4. The van der Waals surface area contributed by atoms with E-state index in [0.29, 0.717) is 0 Å². The van der Waals surface area contributed by atoms with Gasteiger partial charge in [0.1, 0.15) is 10.1 Å². The van der Waals surface area contributed by atoms with Gasteiger partial charge in [-0.3, -0.25) is 0 Å². The van der Waals surface area contributed by atoms with Crippen molar-refractivity contribution in [2.24, 2.45) is 0 Å². The number of hydrogen-bond donors (Lipinski definition) is 2. The van der Waals surface area contributed by atoms with Crippen molar-refractivity contribution in [3.8, 4) is 0 Å². The summed E-state index contributed by atoms with van der Waals surface area (Å²) in [6, 6.07) is 0. The van der Waals surface area contributed by atoms with E-state index in [1.54, 1.807) is 0 Å². The van der Waals surface area contributed by atoms with Crippen LogP contribution in [0.4, 0.5) is 180 Å². The number of aromatic nitrogens is 2. The quantitative estimate of drug-likeness (QED) is 0.0709. The molecule has 0 aliphatic rings. The standard InChI is InChI=1S/C26H9F41N2S3/c1-7(27,28)10(33,34)13(39,40)16(45,46)19(51,52)20(53,54)17(47,48)14(41,42)11(35,36)8(29,30)2-68-4(70)5(71)69(6(68)72)3-9(31,32)12(37,38)15(43,44)18(49,50)21(55,56)22(57,58)23(59,60)24(61,62)25(63,64)26(65,66)67/h70-71H,2-3H2,1H3. The number of imidazole rings is 1. The van der Waals surface area contributed by atoms with E-state index in [-0.39, 0.29) is 0 Å². The zero-order valence-corrected chi connectivity index (χ0v) is 34.2. The Balaban J connectivity index is 4.00. The van der Waals surface area contributed by atoms with Crippen molar-refractivity contribution < 1.29 is 180 Å². The van der Waals surface area contributed by atoms with Gasteiger partial charge in [-0.2, -0.15) is 180 Å². The average Bonchev–Trinajstić information content (AvgIpc) is 3.33. The van der Waals surface area contributed by atoms with Crippen molar-refractivity contribution in [2.75, 3.05) is 0 Å². The fourth-order valence-corrected chi connectivity index (χ4v) is 5.75.